The van der Waals surface area contributed by atoms with Gasteiger partial charge in [-0.25, -0.2) is 0 Å². The van der Waals surface area contributed by atoms with Crippen LogP contribution in [0.2, 0.25) is 0 Å². The van der Waals surface area contributed by atoms with Crippen LogP contribution in [0, 0.1) is 11.8 Å². The standard InChI is InChI=1S/C16H27NO2/c1-17-15(13-9-12-3-4-14(13)19-12)11-5-8-18-16(10-11)6-2-7-16/h11-15,17H,2-10H2,1H3. The molecule has 1 saturated carbocycles. The van der Waals surface area contributed by atoms with Gasteiger partial charge in [0.1, 0.15) is 0 Å². The van der Waals surface area contributed by atoms with Crippen molar-refractivity contribution in [2.75, 3.05) is 13.7 Å². The number of hydrogen-bond acceptors (Lipinski definition) is 3. The van der Waals surface area contributed by atoms with Gasteiger partial charge in [-0.2, -0.15) is 0 Å². The van der Waals surface area contributed by atoms with Crippen molar-refractivity contribution >= 4 is 0 Å². The van der Waals surface area contributed by atoms with E-state index in [9.17, 15) is 0 Å². The summed E-state index contributed by atoms with van der Waals surface area (Å²) in [5.74, 6) is 1.55. The highest BCUT2D eigenvalue weighted by Gasteiger charge is 2.49. The molecular weight excluding hydrogens is 238 g/mol. The Morgan fingerprint density at radius 3 is 2.68 bits per heavy atom. The van der Waals surface area contributed by atoms with Gasteiger partial charge in [0.2, 0.25) is 0 Å². The van der Waals surface area contributed by atoms with Crippen molar-refractivity contribution in [3.05, 3.63) is 0 Å². The third kappa shape index (κ3) is 2.05. The first-order valence-corrected chi connectivity index (χ1v) is 8.26. The average Bonchev–Trinajstić information content (AvgIpc) is 3.01. The van der Waals surface area contributed by atoms with E-state index in [2.05, 4.69) is 12.4 Å². The summed E-state index contributed by atoms with van der Waals surface area (Å²) in [6, 6.07) is 0.650. The van der Waals surface area contributed by atoms with Crippen molar-refractivity contribution in [1.29, 1.82) is 0 Å². The van der Waals surface area contributed by atoms with Gasteiger partial charge in [-0.1, -0.05) is 0 Å². The summed E-state index contributed by atoms with van der Waals surface area (Å²) >= 11 is 0. The SMILES string of the molecule is CNC(C1CCOC2(CCC2)C1)C1CC2CCC1O2. The quantitative estimate of drug-likeness (QED) is 0.850. The van der Waals surface area contributed by atoms with Crippen LogP contribution in [0.25, 0.3) is 0 Å². The van der Waals surface area contributed by atoms with Gasteiger partial charge >= 0.3 is 0 Å². The molecule has 3 heterocycles. The van der Waals surface area contributed by atoms with E-state index >= 15 is 0 Å². The number of nitrogens with one attached hydrogen (secondary N) is 1. The minimum atomic E-state index is 0.274. The van der Waals surface area contributed by atoms with E-state index in [0.717, 1.165) is 18.4 Å². The lowest BCUT2D eigenvalue weighted by molar-refractivity contribution is -0.149. The molecule has 0 aromatic rings. The van der Waals surface area contributed by atoms with Gasteiger partial charge < -0.3 is 14.8 Å². The smallest absolute Gasteiger partial charge is 0.0685 e. The van der Waals surface area contributed by atoms with Crippen LogP contribution >= 0.6 is 0 Å². The van der Waals surface area contributed by atoms with Gasteiger partial charge in [0.05, 0.1) is 17.8 Å². The molecule has 1 spiro atoms. The van der Waals surface area contributed by atoms with Gasteiger partial charge in [-0.15, -0.1) is 0 Å². The third-order valence-corrected chi connectivity index (χ3v) is 6.25. The zero-order chi connectivity index (χ0) is 12.9. The summed E-state index contributed by atoms with van der Waals surface area (Å²) in [5, 5.41) is 3.65. The van der Waals surface area contributed by atoms with E-state index < -0.39 is 0 Å². The van der Waals surface area contributed by atoms with E-state index in [1.807, 2.05) is 0 Å². The molecule has 108 valence electrons. The molecule has 2 bridgehead atoms. The maximum absolute atomic E-state index is 6.09. The molecule has 0 aromatic carbocycles. The summed E-state index contributed by atoms with van der Waals surface area (Å²) in [6.45, 7) is 0.977. The highest BCUT2D eigenvalue weighted by molar-refractivity contribution is 5.01. The van der Waals surface area contributed by atoms with Crippen LogP contribution in [0.3, 0.4) is 0 Å². The minimum Gasteiger partial charge on any atom is -0.375 e. The van der Waals surface area contributed by atoms with Crippen LogP contribution in [-0.4, -0.2) is 37.5 Å². The molecule has 4 fully saturated rings. The monoisotopic (exact) mass is 265 g/mol. The lowest BCUT2D eigenvalue weighted by Gasteiger charge is -2.50. The molecule has 0 radical (unpaired) electrons. The Bertz CT molecular complexity index is 342. The van der Waals surface area contributed by atoms with E-state index in [-0.39, 0.29) is 5.60 Å². The van der Waals surface area contributed by atoms with Crippen molar-refractivity contribution in [2.24, 2.45) is 11.8 Å². The molecule has 3 nitrogen and oxygen atoms in total. The molecule has 1 aliphatic carbocycles. The lowest BCUT2D eigenvalue weighted by atomic mass is 9.67. The van der Waals surface area contributed by atoms with Crippen molar-refractivity contribution in [3.8, 4) is 0 Å². The van der Waals surface area contributed by atoms with E-state index in [1.54, 1.807) is 0 Å². The molecule has 3 aliphatic heterocycles. The number of fused-ring (bicyclic) bond motifs is 2. The fourth-order valence-electron chi connectivity index (χ4n) is 5.15. The molecule has 4 rings (SSSR count). The Hall–Kier alpha value is -0.120. The summed E-state index contributed by atoms with van der Waals surface area (Å²) in [4.78, 5) is 0. The molecule has 19 heavy (non-hydrogen) atoms. The summed E-state index contributed by atoms with van der Waals surface area (Å²) in [6.07, 6.45) is 11.5. The van der Waals surface area contributed by atoms with Crippen LogP contribution in [-0.2, 0) is 9.47 Å². The van der Waals surface area contributed by atoms with Gasteiger partial charge in [0.25, 0.3) is 0 Å². The van der Waals surface area contributed by atoms with Crippen molar-refractivity contribution in [1.82, 2.24) is 5.32 Å². The number of hydrogen-bond donors (Lipinski definition) is 1. The van der Waals surface area contributed by atoms with Crippen molar-refractivity contribution in [2.45, 2.75) is 75.2 Å². The molecule has 1 N–H and O–H groups in total. The maximum Gasteiger partial charge on any atom is 0.0685 e. The first kappa shape index (κ1) is 12.6. The Balaban J connectivity index is 1.46. The second-order valence-corrected chi connectivity index (χ2v) is 7.23. The second-order valence-electron chi connectivity index (χ2n) is 7.23. The second kappa shape index (κ2) is 4.71. The first-order chi connectivity index (χ1) is 9.30. The Kier molecular flexibility index (Phi) is 3.13. The van der Waals surface area contributed by atoms with Gasteiger partial charge in [0, 0.05) is 18.6 Å². The topological polar surface area (TPSA) is 30.5 Å². The molecule has 5 unspecified atom stereocenters. The van der Waals surface area contributed by atoms with Crippen LogP contribution in [0.4, 0.5) is 0 Å². The van der Waals surface area contributed by atoms with E-state index in [1.165, 1.54) is 51.4 Å². The Labute approximate surface area is 116 Å². The first-order valence-electron chi connectivity index (χ1n) is 8.26. The van der Waals surface area contributed by atoms with Crippen LogP contribution < -0.4 is 5.32 Å². The predicted octanol–water partition coefficient (Wildman–Crippen LogP) is 2.49. The fraction of sp³-hybridized carbons (Fsp3) is 1.00. The Morgan fingerprint density at radius 2 is 2.11 bits per heavy atom. The van der Waals surface area contributed by atoms with Gasteiger partial charge in [-0.05, 0) is 64.3 Å². The zero-order valence-corrected chi connectivity index (χ0v) is 12.1. The molecule has 4 aliphatic rings. The number of rotatable bonds is 3. The molecule has 3 heteroatoms. The predicted molar refractivity (Wildman–Crippen MR) is 74.1 cm³/mol. The third-order valence-electron chi connectivity index (χ3n) is 6.25. The minimum absolute atomic E-state index is 0.274. The van der Waals surface area contributed by atoms with E-state index in [0.29, 0.717) is 18.2 Å². The van der Waals surface area contributed by atoms with Crippen LogP contribution in [0.5, 0.6) is 0 Å². The summed E-state index contributed by atoms with van der Waals surface area (Å²) in [5.41, 5.74) is 0.274. The van der Waals surface area contributed by atoms with Crippen LogP contribution in [0.15, 0.2) is 0 Å². The lowest BCUT2D eigenvalue weighted by Crippen LogP contribution is -2.52. The van der Waals surface area contributed by atoms with Gasteiger partial charge in [0.15, 0.2) is 0 Å². The van der Waals surface area contributed by atoms with Gasteiger partial charge in [-0.3, -0.25) is 0 Å². The fourth-order valence-corrected chi connectivity index (χ4v) is 5.15. The average molecular weight is 265 g/mol. The summed E-state index contributed by atoms with van der Waals surface area (Å²) < 4.78 is 12.2. The zero-order valence-electron chi connectivity index (χ0n) is 12.1. The normalized spacial score (nSPS) is 45.3. The van der Waals surface area contributed by atoms with E-state index in [4.69, 9.17) is 9.47 Å². The van der Waals surface area contributed by atoms with Crippen LogP contribution in [0.1, 0.15) is 51.4 Å². The molecule has 3 saturated heterocycles. The number of ether oxygens (including phenoxy) is 2. The van der Waals surface area contributed by atoms with Crippen molar-refractivity contribution < 1.29 is 9.47 Å². The molecule has 0 aromatic heterocycles. The highest BCUT2D eigenvalue weighted by atomic mass is 16.5. The highest BCUT2D eigenvalue weighted by Crippen LogP contribution is 2.48. The molecule has 5 atom stereocenters. The van der Waals surface area contributed by atoms with Crippen molar-refractivity contribution in [3.63, 3.8) is 0 Å². The largest absolute Gasteiger partial charge is 0.375 e. The molecular formula is C16H27NO2. The summed E-state index contributed by atoms with van der Waals surface area (Å²) in [7, 11) is 2.15. The maximum atomic E-state index is 6.09. The Morgan fingerprint density at radius 1 is 1.21 bits per heavy atom. The molecule has 0 amide bonds.